The third kappa shape index (κ3) is 4.95. The average molecular weight is 354 g/mol. The molecule has 0 aromatic carbocycles. The van der Waals surface area contributed by atoms with E-state index in [0.29, 0.717) is 62.7 Å². The fourth-order valence-corrected chi connectivity index (χ4v) is 4.64. The summed E-state index contributed by atoms with van der Waals surface area (Å²) in [5, 5.41) is 0. The van der Waals surface area contributed by atoms with Crippen LogP contribution in [0.15, 0.2) is 0 Å². The molecular formula is C20H34O5. The monoisotopic (exact) mass is 354 g/mol. The summed E-state index contributed by atoms with van der Waals surface area (Å²) in [6, 6.07) is 0. The Bertz CT molecular complexity index is 392. The van der Waals surface area contributed by atoms with Crippen LogP contribution in [0.3, 0.4) is 0 Å². The van der Waals surface area contributed by atoms with E-state index in [1.165, 1.54) is 25.7 Å². The molecule has 8 unspecified atom stereocenters. The Morgan fingerprint density at radius 1 is 0.600 bits per heavy atom. The molecule has 0 bridgehead atoms. The van der Waals surface area contributed by atoms with Gasteiger partial charge in [-0.25, -0.2) is 0 Å². The third-order valence-corrected chi connectivity index (χ3v) is 6.67. The van der Waals surface area contributed by atoms with Crippen molar-refractivity contribution >= 4 is 0 Å². The van der Waals surface area contributed by atoms with Gasteiger partial charge in [0.05, 0.1) is 50.8 Å². The second-order valence-electron chi connectivity index (χ2n) is 8.61. The molecule has 5 nitrogen and oxygen atoms in total. The highest BCUT2D eigenvalue weighted by molar-refractivity contribution is 4.95. The predicted molar refractivity (Wildman–Crippen MR) is 93.6 cm³/mol. The maximum atomic E-state index is 5.81. The van der Waals surface area contributed by atoms with E-state index in [0.717, 1.165) is 25.0 Å². The van der Waals surface area contributed by atoms with E-state index < -0.39 is 0 Å². The van der Waals surface area contributed by atoms with Crippen LogP contribution in [0.25, 0.3) is 0 Å². The SMILES string of the molecule is CC1CC2OC2CC1COCCOCCOCC1CC2OC2CC1C. The van der Waals surface area contributed by atoms with Crippen LogP contribution in [0.4, 0.5) is 0 Å². The maximum absolute atomic E-state index is 5.81. The molecule has 2 saturated carbocycles. The highest BCUT2D eigenvalue weighted by Gasteiger charge is 2.47. The Kier molecular flexibility index (Phi) is 5.98. The number of epoxide rings is 2. The second-order valence-corrected chi connectivity index (χ2v) is 8.61. The molecule has 0 N–H and O–H groups in total. The molecule has 0 aromatic heterocycles. The van der Waals surface area contributed by atoms with E-state index in [2.05, 4.69) is 13.8 Å². The zero-order chi connectivity index (χ0) is 17.2. The van der Waals surface area contributed by atoms with Gasteiger partial charge in [-0.05, 0) is 49.4 Å². The molecule has 4 fully saturated rings. The van der Waals surface area contributed by atoms with E-state index in [-0.39, 0.29) is 0 Å². The van der Waals surface area contributed by atoms with Gasteiger partial charge in [0.1, 0.15) is 0 Å². The molecule has 25 heavy (non-hydrogen) atoms. The Balaban J connectivity index is 0.966. The number of hydrogen-bond acceptors (Lipinski definition) is 5. The zero-order valence-electron chi connectivity index (χ0n) is 15.7. The second kappa shape index (κ2) is 8.22. The van der Waals surface area contributed by atoms with Crippen molar-refractivity contribution in [2.45, 2.75) is 63.9 Å². The van der Waals surface area contributed by atoms with Gasteiger partial charge in [0.25, 0.3) is 0 Å². The first-order valence-electron chi connectivity index (χ1n) is 10.2. The molecule has 0 aromatic rings. The molecule has 2 heterocycles. The van der Waals surface area contributed by atoms with E-state index in [4.69, 9.17) is 23.7 Å². The van der Waals surface area contributed by atoms with Gasteiger partial charge in [-0.2, -0.15) is 0 Å². The van der Waals surface area contributed by atoms with Gasteiger partial charge in [-0.3, -0.25) is 0 Å². The molecule has 4 aliphatic rings. The Morgan fingerprint density at radius 2 is 1.00 bits per heavy atom. The van der Waals surface area contributed by atoms with Crippen molar-refractivity contribution < 1.29 is 23.7 Å². The lowest BCUT2D eigenvalue weighted by atomic mass is 9.81. The molecule has 2 aliphatic heterocycles. The summed E-state index contributed by atoms with van der Waals surface area (Å²) in [6.07, 6.45) is 6.94. The minimum Gasteiger partial charge on any atom is -0.379 e. The van der Waals surface area contributed by atoms with E-state index in [1.54, 1.807) is 0 Å². The standard InChI is InChI=1S/C20H34O5/c1-13-7-17-19(24-17)9-15(13)11-22-5-3-21-4-6-23-12-16-10-20-18(25-20)8-14(16)2/h13-20H,3-12H2,1-2H3. The van der Waals surface area contributed by atoms with Gasteiger partial charge in [-0.1, -0.05) is 13.8 Å². The quantitative estimate of drug-likeness (QED) is 0.446. The van der Waals surface area contributed by atoms with Crippen molar-refractivity contribution in [3.05, 3.63) is 0 Å². The summed E-state index contributed by atoms with van der Waals surface area (Å²) in [4.78, 5) is 0. The Labute approximate surface area is 151 Å². The third-order valence-electron chi connectivity index (χ3n) is 6.67. The number of ether oxygens (including phenoxy) is 5. The molecule has 0 amide bonds. The van der Waals surface area contributed by atoms with Gasteiger partial charge in [0.15, 0.2) is 0 Å². The predicted octanol–water partition coefficient (Wildman–Crippen LogP) is 2.66. The van der Waals surface area contributed by atoms with Crippen molar-refractivity contribution in [1.29, 1.82) is 0 Å². The lowest BCUT2D eigenvalue weighted by Crippen LogP contribution is -2.27. The van der Waals surface area contributed by atoms with Gasteiger partial charge in [-0.15, -0.1) is 0 Å². The van der Waals surface area contributed by atoms with Gasteiger partial charge >= 0.3 is 0 Å². The summed E-state index contributed by atoms with van der Waals surface area (Å²) in [6.45, 7) is 9.01. The van der Waals surface area contributed by atoms with Crippen LogP contribution < -0.4 is 0 Å². The fourth-order valence-electron chi connectivity index (χ4n) is 4.64. The molecule has 4 rings (SSSR count). The summed E-state index contributed by atoms with van der Waals surface area (Å²) in [5.41, 5.74) is 0. The molecule has 144 valence electrons. The van der Waals surface area contributed by atoms with Gasteiger partial charge in [0.2, 0.25) is 0 Å². The summed E-state index contributed by atoms with van der Waals surface area (Å²) in [5.74, 6) is 2.74. The molecule has 0 spiro atoms. The largest absolute Gasteiger partial charge is 0.379 e. The van der Waals surface area contributed by atoms with Crippen molar-refractivity contribution in [3.63, 3.8) is 0 Å². The minimum atomic E-state index is 0.530. The van der Waals surface area contributed by atoms with E-state index >= 15 is 0 Å². The van der Waals surface area contributed by atoms with Crippen LogP contribution in [-0.4, -0.2) is 64.1 Å². The van der Waals surface area contributed by atoms with Crippen molar-refractivity contribution in [1.82, 2.24) is 0 Å². The normalized spacial score (nSPS) is 44.9. The molecule has 2 saturated heterocycles. The van der Waals surface area contributed by atoms with Crippen molar-refractivity contribution in [2.75, 3.05) is 39.6 Å². The van der Waals surface area contributed by atoms with Crippen LogP contribution in [0.5, 0.6) is 0 Å². The lowest BCUT2D eigenvalue weighted by molar-refractivity contribution is -0.00933. The molecule has 5 heteroatoms. The highest BCUT2D eigenvalue weighted by atomic mass is 16.6. The summed E-state index contributed by atoms with van der Waals surface area (Å²) < 4.78 is 28.5. The van der Waals surface area contributed by atoms with Gasteiger partial charge < -0.3 is 23.7 Å². The highest BCUT2D eigenvalue weighted by Crippen LogP contribution is 2.43. The Hall–Kier alpha value is -0.200. The minimum absolute atomic E-state index is 0.530. The first kappa shape index (κ1) is 18.2. The first-order valence-corrected chi connectivity index (χ1v) is 10.2. The fraction of sp³-hybridized carbons (Fsp3) is 1.00. The van der Waals surface area contributed by atoms with Crippen molar-refractivity contribution in [3.8, 4) is 0 Å². The van der Waals surface area contributed by atoms with Crippen LogP contribution in [-0.2, 0) is 23.7 Å². The lowest BCUT2D eigenvalue weighted by Gasteiger charge is -2.26. The number of rotatable bonds is 10. The summed E-state index contributed by atoms with van der Waals surface area (Å²) in [7, 11) is 0. The maximum Gasteiger partial charge on any atom is 0.0845 e. The molecule has 2 aliphatic carbocycles. The van der Waals surface area contributed by atoms with E-state index in [1.807, 2.05) is 0 Å². The number of fused-ring (bicyclic) bond motifs is 2. The van der Waals surface area contributed by atoms with Crippen LogP contribution in [0.1, 0.15) is 39.5 Å². The van der Waals surface area contributed by atoms with Crippen LogP contribution in [0, 0.1) is 23.7 Å². The van der Waals surface area contributed by atoms with Crippen LogP contribution in [0.2, 0.25) is 0 Å². The topological polar surface area (TPSA) is 52.8 Å². The van der Waals surface area contributed by atoms with Crippen molar-refractivity contribution in [2.24, 2.45) is 23.7 Å². The summed E-state index contributed by atoms with van der Waals surface area (Å²) >= 11 is 0. The first-order chi connectivity index (χ1) is 12.2. The molecule has 8 atom stereocenters. The zero-order valence-corrected chi connectivity index (χ0v) is 15.7. The smallest absolute Gasteiger partial charge is 0.0845 e. The van der Waals surface area contributed by atoms with Crippen LogP contribution >= 0.6 is 0 Å². The van der Waals surface area contributed by atoms with Gasteiger partial charge in [0, 0.05) is 13.2 Å². The molecule has 0 radical (unpaired) electrons. The molecular weight excluding hydrogens is 320 g/mol. The number of hydrogen-bond donors (Lipinski definition) is 0. The van der Waals surface area contributed by atoms with E-state index in [9.17, 15) is 0 Å². The average Bonchev–Trinajstić information content (AvgIpc) is 3.49. The Morgan fingerprint density at radius 3 is 1.48 bits per heavy atom.